The standard InChI is InChI=1S/C18H20O4.C14H14/c1-21-16(19)18(17(20)22-2)12-10-15(11-13-18)9-8-14-6-4-3-5-7-14;1-3-7-13(8-4-1)11-12-14-9-5-2-6-10-14/h3-7,10-12H,8-9,13H2,1-2H3;1-10H,11-12H2. The van der Waals surface area contributed by atoms with Gasteiger partial charge in [-0.05, 0) is 48.8 Å². The lowest BCUT2D eigenvalue weighted by atomic mass is 9.79. The number of aryl methyl sites for hydroxylation is 3. The first-order valence-corrected chi connectivity index (χ1v) is 12.2. The highest BCUT2D eigenvalue weighted by Gasteiger charge is 2.46. The fourth-order valence-corrected chi connectivity index (χ4v) is 4.12. The summed E-state index contributed by atoms with van der Waals surface area (Å²) in [5.41, 5.74) is 3.84. The maximum absolute atomic E-state index is 12.0. The molecule has 186 valence electrons. The van der Waals surface area contributed by atoms with E-state index in [4.69, 9.17) is 9.47 Å². The van der Waals surface area contributed by atoms with Gasteiger partial charge >= 0.3 is 11.9 Å². The number of hydrogen-bond donors (Lipinski definition) is 0. The average Bonchev–Trinajstić information content (AvgIpc) is 2.96. The Morgan fingerprint density at radius 3 is 1.36 bits per heavy atom. The lowest BCUT2D eigenvalue weighted by molar-refractivity contribution is -0.164. The number of allylic oxidation sites excluding steroid dienone is 3. The molecule has 0 aromatic heterocycles. The van der Waals surface area contributed by atoms with Crippen LogP contribution < -0.4 is 0 Å². The smallest absolute Gasteiger partial charge is 0.327 e. The quantitative estimate of drug-likeness (QED) is 0.279. The molecule has 1 aliphatic carbocycles. The molecule has 36 heavy (non-hydrogen) atoms. The molecular formula is C32H34O4. The van der Waals surface area contributed by atoms with Gasteiger partial charge in [-0.1, -0.05) is 115 Å². The van der Waals surface area contributed by atoms with Gasteiger partial charge in [0.2, 0.25) is 0 Å². The van der Waals surface area contributed by atoms with E-state index < -0.39 is 17.4 Å². The second kappa shape index (κ2) is 13.8. The molecule has 3 aromatic rings. The van der Waals surface area contributed by atoms with E-state index in [1.54, 1.807) is 6.08 Å². The van der Waals surface area contributed by atoms with Crippen molar-refractivity contribution in [2.45, 2.75) is 32.1 Å². The SMILES string of the molecule is COC(=O)C1(C(=O)OC)C=CC(CCc2ccccc2)=CC1.c1ccc(CCc2ccccc2)cc1. The van der Waals surface area contributed by atoms with Crippen LogP contribution in [0.15, 0.2) is 115 Å². The van der Waals surface area contributed by atoms with Crippen molar-refractivity contribution in [2.75, 3.05) is 14.2 Å². The van der Waals surface area contributed by atoms with E-state index in [2.05, 4.69) is 72.8 Å². The third-order valence-electron chi connectivity index (χ3n) is 6.30. The van der Waals surface area contributed by atoms with E-state index in [0.717, 1.165) is 31.3 Å². The molecular weight excluding hydrogens is 448 g/mol. The van der Waals surface area contributed by atoms with Gasteiger partial charge in [-0.15, -0.1) is 0 Å². The summed E-state index contributed by atoms with van der Waals surface area (Å²) in [5, 5.41) is 0. The Bertz CT molecular complexity index is 1090. The molecule has 0 saturated carbocycles. The maximum atomic E-state index is 12.0. The Labute approximate surface area is 214 Å². The minimum absolute atomic E-state index is 0.271. The van der Waals surface area contributed by atoms with Gasteiger partial charge < -0.3 is 9.47 Å². The molecule has 0 unspecified atom stereocenters. The number of carbonyl (C=O) groups is 2. The molecule has 4 heteroatoms. The molecule has 0 bridgehead atoms. The van der Waals surface area contributed by atoms with Crippen LogP contribution in [0.4, 0.5) is 0 Å². The van der Waals surface area contributed by atoms with Gasteiger partial charge in [0.15, 0.2) is 5.41 Å². The van der Waals surface area contributed by atoms with Crippen LogP contribution in [-0.2, 0) is 38.3 Å². The van der Waals surface area contributed by atoms with Gasteiger partial charge in [0.25, 0.3) is 0 Å². The Balaban J connectivity index is 0.000000221. The summed E-state index contributed by atoms with van der Waals surface area (Å²) in [7, 11) is 2.55. The lowest BCUT2D eigenvalue weighted by Crippen LogP contribution is -2.40. The predicted octanol–water partition coefficient (Wildman–Crippen LogP) is 6.31. The van der Waals surface area contributed by atoms with Crippen molar-refractivity contribution in [2.24, 2.45) is 5.41 Å². The molecule has 3 aromatic carbocycles. The largest absolute Gasteiger partial charge is 0.468 e. The van der Waals surface area contributed by atoms with Crippen molar-refractivity contribution in [3.05, 3.63) is 131 Å². The Morgan fingerprint density at radius 1 is 0.639 bits per heavy atom. The molecule has 1 aliphatic rings. The normalized spacial score (nSPS) is 13.6. The summed E-state index contributed by atoms with van der Waals surface area (Å²) in [6.07, 6.45) is 9.64. The van der Waals surface area contributed by atoms with Crippen LogP contribution in [0.25, 0.3) is 0 Å². The van der Waals surface area contributed by atoms with E-state index in [1.807, 2.05) is 30.4 Å². The molecule has 0 fully saturated rings. The molecule has 0 heterocycles. The predicted molar refractivity (Wildman–Crippen MR) is 143 cm³/mol. The minimum atomic E-state index is -1.35. The Hall–Kier alpha value is -3.92. The number of esters is 2. The molecule has 0 saturated heterocycles. The van der Waals surface area contributed by atoms with E-state index in [-0.39, 0.29) is 6.42 Å². The molecule has 0 spiro atoms. The summed E-state index contributed by atoms with van der Waals surface area (Å²) in [6.45, 7) is 0. The fourth-order valence-electron chi connectivity index (χ4n) is 4.12. The van der Waals surface area contributed by atoms with Crippen LogP contribution in [0.5, 0.6) is 0 Å². The topological polar surface area (TPSA) is 52.6 Å². The summed E-state index contributed by atoms with van der Waals surface area (Å²) < 4.78 is 9.52. The average molecular weight is 483 g/mol. The number of hydrogen-bond acceptors (Lipinski definition) is 4. The lowest BCUT2D eigenvalue weighted by Gasteiger charge is -2.26. The first kappa shape index (κ1) is 26.7. The number of benzene rings is 3. The summed E-state index contributed by atoms with van der Waals surface area (Å²) in [6, 6.07) is 31.4. The van der Waals surface area contributed by atoms with Crippen molar-refractivity contribution in [1.29, 1.82) is 0 Å². The number of rotatable bonds is 8. The van der Waals surface area contributed by atoms with Crippen LogP contribution in [0, 0.1) is 5.41 Å². The van der Waals surface area contributed by atoms with Gasteiger partial charge in [0.05, 0.1) is 14.2 Å². The second-order valence-electron chi connectivity index (χ2n) is 8.73. The summed E-state index contributed by atoms with van der Waals surface area (Å²) in [5.74, 6) is -1.18. The van der Waals surface area contributed by atoms with Crippen molar-refractivity contribution < 1.29 is 19.1 Å². The molecule has 0 aliphatic heterocycles. The number of carbonyl (C=O) groups excluding carboxylic acids is 2. The molecule has 0 atom stereocenters. The second-order valence-corrected chi connectivity index (χ2v) is 8.73. The van der Waals surface area contributed by atoms with Gasteiger partial charge in [0, 0.05) is 0 Å². The van der Waals surface area contributed by atoms with Gasteiger partial charge in [0.1, 0.15) is 0 Å². The maximum Gasteiger partial charge on any atom is 0.327 e. The molecule has 4 nitrogen and oxygen atoms in total. The van der Waals surface area contributed by atoms with Gasteiger partial charge in [-0.3, -0.25) is 9.59 Å². The summed E-state index contributed by atoms with van der Waals surface area (Å²) in [4.78, 5) is 23.9. The third-order valence-corrected chi connectivity index (χ3v) is 6.30. The first-order chi connectivity index (χ1) is 17.6. The molecule has 0 radical (unpaired) electrons. The zero-order valence-corrected chi connectivity index (χ0v) is 21.1. The van der Waals surface area contributed by atoms with Gasteiger partial charge in [-0.2, -0.15) is 0 Å². The van der Waals surface area contributed by atoms with E-state index in [1.165, 1.54) is 30.9 Å². The van der Waals surface area contributed by atoms with E-state index in [9.17, 15) is 9.59 Å². The van der Waals surface area contributed by atoms with Gasteiger partial charge in [-0.25, -0.2) is 0 Å². The highest BCUT2D eigenvalue weighted by Crippen LogP contribution is 2.33. The van der Waals surface area contributed by atoms with Crippen molar-refractivity contribution in [3.63, 3.8) is 0 Å². The van der Waals surface area contributed by atoms with Crippen molar-refractivity contribution in [3.8, 4) is 0 Å². The van der Waals surface area contributed by atoms with Crippen molar-refractivity contribution in [1.82, 2.24) is 0 Å². The van der Waals surface area contributed by atoms with E-state index >= 15 is 0 Å². The van der Waals surface area contributed by atoms with Crippen LogP contribution in [0.3, 0.4) is 0 Å². The first-order valence-electron chi connectivity index (χ1n) is 12.2. The van der Waals surface area contributed by atoms with Crippen LogP contribution in [0.2, 0.25) is 0 Å². The number of methoxy groups -OCH3 is 2. The zero-order valence-electron chi connectivity index (χ0n) is 21.1. The number of ether oxygens (including phenoxy) is 2. The highest BCUT2D eigenvalue weighted by atomic mass is 16.5. The molecule has 4 rings (SSSR count). The molecule has 0 amide bonds. The van der Waals surface area contributed by atoms with Crippen LogP contribution in [-0.4, -0.2) is 26.2 Å². The third kappa shape index (κ3) is 7.54. The highest BCUT2D eigenvalue weighted by molar-refractivity contribution is 6.02. The van der Waals surface area contributed by atoms with Crippen LogP contribution in [0.1, 0.15) is 29.5 Å². The Kier molecular flexibility index (Phi) is 10.3. The van der Waals surface area contributed by atoms with Crippen LogP contribution >= 0.6 is 0 Å². The van der Waals surface area contributed by atoms with E-state index in [0.29, 0.717) is 0 Å². The van der Waals surface area contributed by atoms with Crippen molar-refractivity contribution >= 4 is 11.9 Å². The summed E-state index contributed by atoms with van der Waals surface area (Å²) >= 11 is 0. The zero-order chi connectivity index (χ0) is 25.6. The molecule has 0 N–H and O–H groups in total. The monoisotopic (exact) mass is 482 g/mol. The Morgan fingerprint density at radius 2 is 1.03 bits per heavy atom. The fraction of sp³-hybridized carbons (Fsp3) is 0.250. The minimum Gasteiger partial charge on any atom is -0.468 e.